The Morgan fingerprint density at radius 2 is 2.12 bits per heavy atom. The van der Waals surface area contributed by atoms with Gasteiger partial charge in [0.25, 0.3) is 0 Å². The molecule has 0 atom stereocenters. The van der Waals surface area contributed by atoms with Gasteiger partial charge in [0.15, 0.2) is 5.78 Å². The molecule has 0 amide bonds. The second kappa shape index (κ2) is 6.69. The molecule has 0 N–H and O–H groups in total. The number of carbonyl (C=O) groups excluding carboxylic acids is 1. The van der Waals surface area contributed by atoms with Gasteiger partial charge in [0.2, 0.25) is 0 Å². The number of para-hydroxylation sites is 1. The first kappa shape index (κ1) is 13.2. The van der Waals surface area contributed by atoms with Crippen LogP contribution in [0, 0.1) is 0 Å². The van der Waals surface area contributed by atoms with Gasteiger partial charge in [0.05, 0.1) is 5.56 Å². The van der Waals surface area contributed by atoms with Gasteiger partial charge in [0, 0.05) is 0 Å². The highest BCUT2D eigenvalue weighted by Crippen LogP contribution is 2.26. The maximum absolute atomic E-state index is 11.5. The van der Waals surface area contributed by atoms with Crippen molar-refractivity contribution in [2.75, 3.05) is 6.61 Å². The summed E-state index contributed by atoms with van der Waals surface area (Å²) in [5, 5.41) is 0. The van der Waals surface area contributed by atoms with Crippen molar-refractivity contribution in [3.63, 3.8) is 0 Å². The Labute approximate surface area is 103 Å². The molecule has 0 aliphatic rings. The van der Waals surface area contributed by atoms with Crippen molar-refractivity contribution in [1.82, 2.24) is 0 Å². The molecule has 0 spiro atoms. The van der Waals surface area contributed by atoms with E-state index < -0.39 is 0 Å². The molecule has 17 heavy (non-hydrogen) atoms. The zero-order chi connectivity index (χ0) is 12.7. The molecule has 2 heteroatoms. The minimum atomic E-state index is 0.0181. The Hall–Kier alpha value is -1.83. The first-order valence-corrected chi connectivity index (χ1v) is 5.68. The van der Waals surface area contributed by atoms with Crippen LogP contribution in [0.5, 0.6) is 5.75 Å². The monoisotopic (exact) mass is 230 g/mol. The topological polar surface area (TPSA) is 26.3 Å². The molecule has 0 aliphatic carbocycles. The fraction of sp³-hybridized carbons (Fsp3) is 0.267. The zero-order valence-corrected chi connectivity index (χ0v) is 10.2. The van der Waals surface area contributed by atoms with Gasteiger partial charge in [0.1, 0.15) is 12.4 Å². The summed E-state index contributed by atoms with van der Waals surface area (Å²) in [7, 11) is 0. The number of carbonyl (C=O) groups is 1. The standard InChI is InChI=1S/C15H18O2/c1-4-6-8-13-9-7-10-14(12(3)16)15(13)17-11-5-2/h4-5,7,9-10H,1-2,6,8,11H2,3H3. The van der Waals surface area contributed by atoms with E-state index in [1.54, 1.807) is 19.1 Å². The first-order valence-electron chi connectivity index (χ1n) is 5.68. The Balaban J connectivity index is 3.08. The molecule has 1 rings (SSSR count). The minimum Gasteiger partial charge on any atom is -0.488 e. The quantitative estimate of drug-likeness (QED) is 0.528. The lowest BCUT2D eigenvalue weighted by atomic mass is 10.0. The van der Waals surface area contributed by atoms with Crippen LogP contribution in [0.25, 0.3) is 0 Å². The first-order chi connectivity index (χ1) is 8.20. The van der Waals surface area contributed by atoms with E-state index in [1.807, 2.05) is 18.2 Å². The van der Waals surface area contributed by atoms with Gasteiger partial charge in [-0.05, 0) is 31.4 Å². The zero-order valence-electron chi connectivity index (χ0n) is 10.2. The summed E-state index contributed by atoms with van der Waals surface area (Å²) in [4.78, 5) is 11.5. The van der Waals surface area contributed by atoms with Crippen LogP contribution in [-0.2, 0) is 6.42 Å². The van der Waals surface area contributed by atoms with Crippen molar-refractivity contribution in [2.24, 2.45) is 0 Å². The van der Waals surface area contributed by atoms with Crippen LogP contribution < -0.4 is 4.74 Å². The van der Waals surface area contributed by atoms with Crippen molar-refractivity contribution < 1.29 is 9.53 Å². The normalized spacial score (nSPS) is 9.71. The highest BCUT2D eigenvalue weighted by atomic mass is 16.5. The molecular formula is C15H18O2. The molecular weight excluding hydrogens is 212 g/mol. The second-order valence-electron chi connectivity index (χ2n) is 3.78. The van der Waals surface area contributed by atoms with Gasteiger partial charge in [-0.15, -0.1) is 6.58 Å². The van der Waals surface area contributed by atoms with Crippen LogP contribution in [0.2, 0.25) is 0 Å². The molecule has 0 heterocycles. The summed E-state index contributed by atoms with van der Waals surface area (Å²) in [5.41, 5.74) is 1.67. The highest BCUT2D eigenvalue weighted by Gasteiger charge is 2.12. The van der Waals surface area contributed by atoms with Crippen molar-refractivity contribution >= 4 is 5.78 Å². The van der Waals surface area contributed by atoms with Gasteiger partial charge in [-0.2, -0.15) is 0 Å². The molecule has 0 radical (unpaired) electrons. The van der Waals surface area contributed by atoms with E-state index in [0.717, 1.165) is 18.4 Å². The SMILES string of the molecule is C=CCCc1cccc(C(C)=O)c1OCC=C. The van der Waals surface area contributed by atoms with Crippen LogP contribution in [0.4, 0.5) is 0 Å². The minimum absolute atomic E-state index is 0.0181. The molecule has 0 aliphatic heterocycles. The Bertz CT molecular complexity index is 419. The van der Waals surface area contributed by atoms with Gasteiger partial charge >= 0.3 is 0 Å². The highest BCUT2D eigenvalue weighted by molar-refractivity contribution is 5.97. The van der Waals surface area contributed by atoms with E-state index in [2.05, 4.69) is 13.2 Å². The predicted octanol–water partition coefficient (Wildman–Crippen LogP) is 3.57. The fourth-order valence-corrected chi connectivity index (χ4v) is 1.63. The number of benzene rings is 1. The van der Waals surface area contributed by atoms with Crippen LogP contribution in [0.3, 0.4) is 0 Å². The van der Waals surface area contributed by atoms with Crippen molar-refractivity contribution in [3.8, 4) is 5.75 Å². The molecule has 0 unspecified atom stereocenters. The van der Waals surface area contributed by atoms with Crippen molar-refractivity contribution in [3.05, 3.63) is 54.6 Å². The third-order valence-corrected chi connectivity index (χ3v) is 2.44. The van der Waals surface area contributed by atoms with Gasteiger partial charge in [-0.1, -0.05) is 30.9 Å². The second-order valence-corrected chi connectivity index (χ2v) is 3.78. The summed E-state index contributed by atoms with van der Waals surface area (Å²) in [6, 6.07) is 5.66. The van der Waals surface area contributed by atoms with Crippen LogP contribution in [-0.4, -0.2) is 12.4 Å². The molecule has 0 aromatic heterocycles. The maximum atomic E-state index is 11.5. The van der Waals surface area contributed by atoms with Crippen molar-refractivity contribution in [1.29, 1.82) is 0 Å². The summed E-state index contributed by atoms with van der Waals surface area (Å²) in [6.45, 7) is 9.27. The summed E-state index contributed by atoms with van der Waals surface area (Å²) in [6.07, 6.45) is 5.23. The number of ketones is 1. The number of Topliss-reactive ketones (excluding diaryl/α,β-unsaturated/α-hetero) is 1. The van der Waals surface area contributed by atoms with Gasteiger partial charge in [-0.25, -0.2) is 0 Å². The lowest BCUT2D eigenvalue weighted by molar-refractivity contribution is 0.101. The smallest absolute Gasteiger partial charge is 0.163 e. The third-order valence-electron chi connectivity index (χ3n) is 2.44. The number of ether oxygens (including phenoxy) is 1. The number of rotatable bonds is 7. The summed E-state index contributed by atoms with van der Waals surface area (Å²) < 4.78 is 5.60. The van der Waals surface area contributed by atoms with Crippen molar-refractivity contribution in [2.45, 2.75) is 19.8 Å². The lowest BCUT2D eigenvalue weighted by Gasteiger charge is -2.13. The molecule has 2 nitrogen and oxygen atoms in total. The van der Waals surface area contributed by atoms with E-state index in [-0.39, 0.29) is 5.78 Å². The predicted molar refractivity (Wildman–Crippen MR) is 70.7 cm³/mol. The Morgan fingerprint density at radius 1 is 1.35 bits per heavy atom. The molecule has 90 valence electrons. The molecule has 0 saturated carbocycles. The van der Waals surface area contributed by atoms with E-state index in [9.17, 15) is 4.79 Å². The number of hydrogen-bond acceptors (Lipinski definition) is 2. The van der Waals surface area contributed by atoms with Gasteiger partial charge < -0.3 is 4.74 Å². The van der Waals surface area contributed by atoms with E-state index in [1.165, 1.54) is 0 Å². The number of aryl methyl sites for hydroxylation is 1. The average Bonchev–Trinajstić information content (AvgIpc) is 2.33. The Morgan fingerprint density at radius 3 is 2.71 bits per heavy atom. The molecule has 1 aromatic rings. The average molecular weight is 230 g/mol. The summed E-state index contributed by atoms with van der Waals surface area (Å²) >= 11 is 0. The van der Waals surface area contributed by atoms with Crippen LogP contribution in [0.15, 0.2) is 43.5 Å². The molecule has 0 bridgehead atoms. The lowest BCUT2D eigenvalue weighted by Crippen LogP contribution is -2.04. The van der Waals surface area contributed by atoms with E-state index in [0.29, 0.717) is 17.9 Å². The largest absolute Gasteiger partial charge is 0.488 e. The molecule has 0 fully saturated rings. The van der Waals surface area contributed by atoms with E-state index in [4.69, 9.17) is 4.74 Å². The number of hydrogen-bond donors (Lipinski definition) is 0. The maximum Gasteiger partial charge on any atom is 0.163 e. The van der Waals surface area contributed by atoms with Gasteiger partial charge in [-0.3, -0.25) is 4.79 Å². The molecule has 0 saturated heterocycles. The van der Waals surface area contributed by atoms with Crippen LogP contribution >= 0.6 is 0 Å². The fourth-order valence-electron chi connectivity index (χ4n) is 1.63. The summed E-state index contributed by atoms with van der Waals surface area (Å²) in [5.74, 6) is 0.700. The molecule has 1 aromatic carbocycles. The third kappa shape index (κ3) is 3.59. The number of allylic oxidation sites excluding steroid dienone is 1. The van der Waals surface area contributed by atoms with E-state index >= 15 is 0 Å². The van der Waals surface area contributed by atoms with Crippen LogP contribution in [0.1, 0.15) is 29.3 Å². The Kier molecular flexibility index (Phi) is 5.21.